The number of nitrogens with zero attached hydrogens (tertiary/aromatic N) is 2. The van der Waals surface area contributed by atoms with Crippen LogP contribution in [0.4, 0.5) is 0 Å². The molecule has 2 N–H and O–H groups in total. The van der Waals surface area contributed by atoms with E-state index in [1.807, 2.05) is 0 Å². The van der Waals surface area contributed by atoms with E-state index in [4.69, 9.17) is 5.73 Å². The molecule has 1 aliphatic carbocycles. The Kier molecular flexibility index (Phi) is 6.96. The van der Waals surface area contributed by atoms with E-state index in [2.05, 4.69) is 51.7 Å². The van der Waals surface area contributed by atoms with Crippen molar-refractivity contribution in [2.75, 3.05) is 40.8 Å². The van der Waals surface area contributed by atoms with Gasteiger partial charge in [-0.25, -0.2) is 0 Å². The maximum absolute atomic E-state index is 6.08. The molecule has 1 fully saturated rings. The molecule has 1 saturated carbocycles. The smallest absolute Gasteiger partial charge is 0.0244 e. The van der Waals surface area contributed by atoms with Crippen LogP contribution in [-0.4, -0.2) is 56.6 Å². The van der Waals surface area contributed by atoms with Gasteiger partial charge in [0.15, 0.2) is 0 Å². The van der Waals surface area contributed by atoms with Crippen LogP contribution >= 0.6 is 0 Å². The summed E-state index contributed by atoms with van der Waals surface area (Å²) < 4.78 is 0. The molecule has 1 aliphatic rings. The van der Waals surface area contributed by atoms with Crippen molar-refractivity contribution in [1.82, 2.24) is 9.80 Å². The third-order valence-electron chi connectivity index (χ3n) is 5.25. The lowest BCUT2D eigenvalue weighted by molar-refractivity contribution is 0.0917. The highest BCUT2D eigenvalue weighted by Gasteiger charge is 2.33. The van der Waals surface area contributed by atoms with Crippen LogP contribution in [0.1, 0.15) is 46.5 Å². The highest BCUT2D eigenvalue weighted by atomic mass is 15.2. The van der Waals surface area contributed by atoms with Crippen LogP contribution in [-0.2, 0) is 0 Å². The first kappa shape index (κ1) is 17.9. The lowest BCUT2D eigenvalue weighted by Gasteiger charge is -2.42. The highest BCUT2D eigenvalue weighted by Crippen LogP contribution is 2.41. The molecule has 0 saturated heterocycles. The first-order valence-electron chi connectivity index (χ1n) is 8.30. The normalized spacial score (nSPS) is 26.2. The molecule has 1 atom stereocenters. The molecule has 1 unspecified atom stereocenters. The Bertz CT molecular complexity index is 262. The molecular weight excluding hydrogens is 246 g/mol. The second-order valence-electron chi connectivity index (χ2n) is 8.06. The largest absolute Gasteiger partial charge is 0.329 e. The number of nitrogens with two attached hydrogens (primary N) is 1. The summed E-state index contributed by atoms with van der Waals surface area (Å²) in [6.07, 6.45) is 5.48. The van der Waals surface area contributed by atoms with Crippen LogP contribution < -0.4 is 5.73 Å². The minimum atomic E-state index is 0.472. The van der Waals surface area contributed by atoms with E-state index in [-0.39, 0.29) is 0 Å². The van der Waals surface area contributed by atoms with Gasteiger partial charge in [-0.1, -0.05) is 20.8 Å². The van der Waals surface area contributed by atoms with Gasteiger partial charge in [0.2, 0.25) is 0 Å². The quantitative estimate of drug-likeness (QED) is 0.813. The summed E-state index contributed by atoms with van der Waals surface area (Å²) in [6, 6.07) is 0.566. The predicted octanol–water partition coefficient (Wildman–Crippen LogP) is 2.66. The summed E-state index contributed by atoms with van der Waals surface area (Å²) in [5.74, 6) is 1.69. The molecule has 0 amide bonds. The van der Waals surface area contributed by atoms with Crippen molar-refractivity contribution in [1.29, 1.82) is 0 Å². The number of likely N-dealkylation sites (N-methyl/N-ethyl adjacent to an activating group) is 2. The Hall–Kier alpha value is -0.120. The van der Waals surface area contributed by atoms with Crippen molar-refractivity contribution in [2.24, 2.45) is 23.0 Å². The Balaban J connectivity index is 2.48. The summed E-state index contributed by atoms with van der Waals surface area (Å²) in [5.41, 5.74) is 6.55. The zero-order valence-electron chi connectivity index (χ0n) is 14.7. The van der Waals surface area contributed by atoms with Crippen molar-refractivity contribution in [3.63, 3.8) is 0 Å². The molecule has 0 aromatic rings. The first-order chi connectivity index (χ1) is 9.25. The van der Waals surface area contributed by atoms with E-state index in [1.165, 1.54) is 25.7 Å². The van der Waals surface area contributed by atoms with E-state index in [9.17, 15) is 0 Å². The fourth-order valence-electron chi connectivity index (χ4n) is 3.63. The van der Waals surface area contributed by atoms with Gasteiger partial charge >= 0.3 is 0 Å². The molecule has 0 spiro atoms. The highest BCUT2D eigenvalue weighted by molar-refractivity contribution is 4.87. The lowest BCUT2D eigenvalue weighted by atomic mass is 9.68. The molecule has 20 heavy (non-hydrogen) atoms. The van der Waals surface area contributed by atoms with Crippen molar-refractivity contribution >= 4 is 0 Å². The van der Waals surface area contributed by atoms with Crippen molar-refractivity contribution in [2.45, 2.75) is 52.5 Å². The van der Waals surface area contributed by atoms with Crippen LogP contribution in [0, 0.1) is 17.3 Å². The van der Waals surface area contributed by atoms with Crippen LogP contribution in [0.3, 0.4) is 0 Å². The van der Waals surface area contributed by atoms with Gasteiger partial charge < -0.3 is 15.5 Å². The fourth-order valence-corrected chi connectivity index (χ4v) is 3.63. The molecule has 0 radical (unpaired) electrons. The number of rotatable bonds is 6. The van der Waals surface area contributed by atoms with Crippen LogP contribution in [0.15, 0.2) is 0 Å². The Morgan fingerprint density at radius 1 is 1.00 bits per heavy atom. The molecule has 3 heteroatoms. The second kappa shape index (κ2) is 7.77. The van der Waals surface area contributed by atoms with E-state index < -0.39 is 0 Å². The van der Waals surface area contributed by atoms with Crippen LogP contribution in [0.5, 0.6) is 0 Å². The summed E-state index contributed by atoms with van der Waals surface area (Å²) in [7, 11) is 6.52. The standard InChI is InChI=1S/C17H37N3/c1-17(2,3)15-9-7-14(8-10-15)16(13-18)20(6)12-11-19(4)5/h14-16H,7-13,18H2,1-6H3. The second-order valence-corrected chi connectivity index (χ2v) is 8.06. The van der Waals surface area contributed by atoms with E-state index in [1.54, 1.807) is 0 Å². The molecule has 120 valence electrons. The minimum absolute atomic E-state index is 0.472. The van der Waals surface area contributed by atoms with Gasteiger partial charge in [0.1, 0.15) is 0 Å². The SMILES string of the molecule is CN(C)CCN(C)C(CN)C1CCC(C(C)(C)C)CC1. The van der Waals surface area contributed by atoms with Gasteiger partial charge in [0, 0.05) is 25.7 Å². The molecule has 0 aromatic carbocycles. The zero-order chi connectivity index (χ0) is 15.3. The molecular formula is C17H37N3. The summed E-state index contributed by atoms with van der Waals surface area (Å²) >= 11 is 0. The van der Waals surface area contributed by atoms with E-state index in [0.717, 1.165) is 31.5 Å². The lowest BCUT2D eigenvalue weighted by Crippen LogP contribution is -2.47. The van der Waals surface area contributed by atoms with Crippen molar-refractivity contribution < 1.29 is 0 Å². The Morgan fingerprint density at radius 3 is 1.95 bits per heavy atom. The summed E-state index contributed by atoms with van der Waals surface area (Å²) in [5, 5.41) is 0. The monoisotopic (exact) mass is 283 g/mol. The topological polar surface area (TPSA) is 32.5 Å². The van der Waals surface area contributed by atoms with Gasteiger partial charge in [0.05, 0.1) is 0 Å². The predicted molar refractivity (Wildman–Crippen MR) is 88.9 cm³/mol. The van der Waals surface area contributed by atoms with Gasteiger partial charge in [-0.05, 0) is 64.1 Å². The molecule has 1 rings (SSSR count). The van der Waals surface area contributed by atoms with Crippen LogP contribution in [0.2, 0.25) is 0 Å². The van der Waals surface area contributed by atoms with Gasteiger partial charge in [-0.3, -0.25) is 0 Å². The molecule has 0 aliphatic heterocycles. The average molecular weight is 284 g/mol. The summed E-state index contributed by atoms with van der Waals surface area (Å²) in [4.78, 5) is 4.74. The number of hydrogen-bond acceptors (Lipinski definition) is 3. The number of hydrogen-bond donors (Lipinski definition) is 1. The van der Waals surface area contributed by atoms with E-state index in [0.29, 0.717) is 11.5 Å². The first-order valence-corrected chi connectivity index (χ1v) is 8.30. The Labute approximate surface area is 126 Å². The molecule has 0 heterocycles. The molecule has 0 bridgehead atoms. The van der Waals surface area contributed by atoms with Gasteiger partial charge in [-0.15, -0.1) is 0 Å². The van der Waals surface area contributed by atoms with Gasteiger partial charge in [-0.2, -0.15) is 0 Å². The van der Waals surface area contributed by atoms with Crippen molar-refractivity contribution in [3.8, 4) is 0 Å². The average Bonchev–Trinajstić information content (AvgIpc) is 2.37. The zero-order valence-corrected chi connectivity index (χ0v) is 14.7. The minimum Gasteiger partial charge on any atom is -0.329 e. The third kappa shape index (κ3) is 5.34. The Morgan fingerprint density at radius 2 is 1.55 bits per heavy atom. The van der Waals surface area contributed by atoms with Crippen LogP contribution in [0.25, 0.3) is 0 Å². The molecule has 3 nitrogen and oxygen atoms in total. The maximum atomic E-state index is 6.08. The molecule has 0 aromatic heterocycles. The summed E-state index contributed by atoms with van der Waals surface area (Å²) in [6.45, 7) is 10.2. The third-order valence-corrected chi connectivity index (χ3v) is 5.25. The van der Waals surface area contributed by atoms with E-state index >= 15 is 0 Å². The maximum Gasteiger partial charge on any atom is 0.0244 e. The van der Waals surface area contributed by atoms with Crippen molar-refractivity contribution in [3.05, 3.63) is 0 Å². The van der Waals surface area contributed by atoms with Gasteiger partial charge in [0.25, 0.3) is 0 Å². The fraction of sp³-hybridized carbons (Fsp3) is 1.00.